The van der Waals surface area contributed by atoms with E-state index in [4.69, 9.17) is 16.3 Å². The van der Waals surface area contributed by atoms with Gasteiger partial charge >= 0.3 is 11.8 Å². The van der Waals surface area contributed by atoms with Gasteiger partial charge in [0.05, 0.1) is 12.8 Å². The second-order valence-electron chi connectivity index (χ2n) is 4.65. The Balaban J connectivity index is 2.07. The number of carbonyl (C=O) groups excluding carboxylic acids is 2. The van der Waals surface area contributed by atoms with Crippen LogP contribution in [-0.4, -0.2) is 36.9 Å². The van der Waals surface area contributed by atoms with Crippen molar-refractivity contribution in [1.29, 1.82) is 0 Å². The first kappa shape index (κ1) is 14.7. The summed E-state index contributed by atoms with van der Waals surface area (Å²) in [5.74, 6) is -0.701. The van der Waals surface area contributed by atoms with E-state index in [0.29, 0.717) is 29.5 Å². The number of hydrogen-bond donors (Lipinski definition) is 1. The highest BCUT2D eigenvalue weighted by molar-refractivity contribution is 6.40. The number of hydrogen-bond acceptors (Lipinski definition) is 3. The molecule has 0 spiro atoms. The summed E-state index contributed by atoms with van der Waals surface area (Å²) in [4.78, 5) is 25.6. The molecule has 0 aromatic heterocycles. The second-order valence-corrected chi connectivity index (χ2v) is 5.09. The van der Waals surface area contributed by atoms with Crippen molar-refractivity contribution in [3.63, 3.8) is 0 Å². The molecule has 1 saturated heterocycles. The van der Waals surface area contributed by atoms with Crippen LogP contribution in [0.3, 0.4) is 0 Å². The quantitative estimate of drug-likeness (QED) is 0.852. The SMILES string of the molecule is COc1ccc(Cl)cc1NC(=O)C(=O)N1CCCCC1. The number of piperidine rings is 1. The standard InChI is InChI=1S/C14H17ClN2O3/c1-20-12-6-5-10(15)9-11(12)16-13(18)14(19)17-7-3-2-4-8-17/h5-6,9H,2-4,7-8H2,1H3,(H,16,18). The van der Waals surface area contributed by atoms with Crippen LogP contribution in [0.1, 0.15) is 19.3 Å². The Morgan fingerprint density at radius 3 is 2.60 bits per heavy atom. The number of anilines is 1. The molecule has 1 N–H and O–H groups in total. The van der Waals surface area contributed by atoms with Crippen molar-refractivity contribution in [2.45, 2.75) is 19.3 Å². The van der Waals surface area contributed by atoms with Crippen molar-refractivity contribution < 1.29 is 14.3 Å². The molecule has 0 atom stereocenters. The van der Waals surface area contributed by atoms with Crippen LogP contribution in [0.5, 0.6) is 5.75 Å². The number of likely N-dealkylation sites (tertiary alicyclic amines) is 1. The average Bonchev–Trinajstić information content (AvgIpc) is 2.47. The van der Waals surface area contributed by atoms with Gasteiger partial charge in [-0.2, -0.15) is 0 Å². The maximum Gasteiger partial charge on any atom is 0.314 e. The van der Waals surface area contributed by atoms with Gasteiger partial charge in [-0.1, -0.05) is 11.6 Å². The van der Waals surface area contributed by atoms with Crippen molar-refractivity contribution in [3.8, 4) is 5.75 Å². The van der Waals surface area contributed by atoms with Crippen molar-refractivity contribution in [2.24, 2.45) is 0 Å². The lowest BCUT2D eigenvalue weighted by Gasteiger charge is -2.26. The second kappa shape index (κ2) is 6.61. The summed E-state index contributed by atoms with van der Waals surface area (Å²) in [5.41, 5.74) is 0.398. The van der Waals surface area contributed by atoms with Crippen LogP contribution in [0.2, 0.25) is 5.02 Å². The molecule has 1 aromatic rings. The molecule has 0 unspecified atom stereocenters. The molecule has 1 heterocycles. The van der Waals surface area contributed by atoms with E-state index in [1.807, 2.05) is 0 Å². The number of ether oxygens (including phenoxy) is 1. The zero-order valence-corrected chi connectivity index (χ0v) is 12.1. The van der Waals surface area contributed by atoms with Gasteiger partial charge in [0.25, 0.3) is 0 Å². The molecule has 0 radical (unpaired) electrons. The molecular weight excluding hydrogens is 280 g/mol. The van der Waals surface area contributed by atoms with Crippen LogP contribution >= 0.6 is 11.6 Å². The summed E-state index contributed by atoms with van der Waals surface area (Å²) in [5, 5.41) is 3.02. The number of benzene rings is 1. The van der Waals surface area contributed by atoms with Crippen LogP contribution < -0.4 is 10.1 Å². The summed E-state index contributed by atoms with van der Waals surface area (Å²) < 4.78 is 5.13. The fourth-order valence-electron chi connectivity index (χ4n) is 2.19. The maximum absolute atomic E-state index is 12.0. The van der Waals surface area contributed by atoms with Crippen molar-refractivity contribution >= 4 is 29.1 Å². The molecule has 2 amide bonds. The van der Waals surface area contributed by atoms with Gasteiger partial charge in [0.2, 0.25) is 0 Å². The fourth-order valence-corrected chi connectivity index (χ4v) is 2.37. The third kappa shape index (κ3) is 3.42. The molecule has 1 aliphatic heterocycles. The lowest BCUT2D eigenvalue weighted by Crippen LogP contribution is -2.42. The Morgan fingerprint density at radius 1 is 1.25 bits per heavy atom. The zero-order valence-electron chi connectivity index (χ0n) is 11.3. The lowest BCUT2D eigenvalue weighted by molar-refractivity contribution is -0.143. The number of nitrogens with one attached hydrogen (secondary N) is 1. The minimum absolute atomic E-state index is 0.398. The van der Waals surface area contributed by atoms with Crippen LogP contribution in [-0.2, 0) is 9.59 Å². The summed E-state index contributed by atoms with van der Waals surface area (Å²) in [6.45, 7) is 1.28. The Hall–Kier alpha value is -1.75. The minimum atomic E-state index is -0.660. The van der Waals surface area contributed by atoms with Gasteiger partial charge in [-0.05, 0) is 37.5 Å². The molecule has 20 heavy (non-hydrogen) atoms. The van der Waals surface area contributed by atoms with Gasteiger partial charge in [0.1, 0.15) is 5.75 Å². The van der Waals surface area contributed by atoms with E-state index < -0.39 is 11.8 Å². The number of amides is 2. The van der Waals surface area contributed by atoms with E-state index in [1.165, 1.54) is 7.11 Å². The number of methoxy groups -OCH3 is 1. The maximum atomic E-state index is 12.0. The Morgan fingerprint density at radius 2 is 1.95 bits per heavy atom. The Kier molecular flexibility index (Phi) is 4.84. The highest BCUT2D eigenvalue weighted by Crippen LogP contribution is 2.27. The number of halogens is 1. The number of carbonyl (C=O) groups is 2. The summed E-state index contributed by atoms with van der Waals surface area (Å²) in [6, 6.07) is 4.85. The molecule has 6 heteroatoms. The van der Waals surface area contributed by atoms with Gasteiger partial charge in [0.15, 0.2) is 0 Å². The monoisotopic (exact) mass is 296 g/mol. The fraction of sp³-hybridized carbons (Fsp3) is 0.429. The average molecular weight is 297 g/mol. The molecule has 1 aliphatic rings. The van der Waals surface area contributed by atoms with E-state index in [1.54, 1.807) is 23.1 Å². The zero-order chi connectivity index (χ0) is 14.5. The van der Waals surface area contributed by atoms with Crippen LogP contribution in [0.25, 0.3) is 0 Å². The van der Waals surface area contributed by atoms with Crippen LogP contribution in [0.4, 0.5) is 5.69 Å². The topological polar surface area (TPSA) is 58.6 Å². The van der Waals surface area contributed by atoms with E-state index in [-0.39, 0.29) is 0 Å². The van der Waals surface area contributed by atoms with Gasteiger partial charge in [-0.15, -0.1) is 0 Å². The smallest absolute Gasteiger partial charge is 0.314 e. The van der Waals surface area contributed by atoms with Crippen molar-refractivity contribution in [2.75, 3.05) is 25.5 Å². The summed E-state index contributed by atoms with van der Waals surface area (Å²) in [7, 11) is 1.49. The first-order valence-electron chi connectivity index (χ1n) is 6.55. The highest BCUT2D eigenvalue weighted by atomic mass is 35.5. The first-order chi connectivity index (χ1) is 9.61. The third-order valence-electron chi connectivity index (χ3n) is 3.25. The lowest BCUT2D eigenvalue weighted by atomic mass is 10.1. The van der Waals surface area contributed by atoms with E-state index in [9.17, 15) is 9.59 Å². The molecule has 0 aliphatic carbocycles. The molecular formula is C14H17ClN2O3. The molecule has 0 bridgehead atoms. The van der Waals surface area contributed by atoms with Crippen molar-refractivity contribution in [3.05, 3.63) is 23.2 Å². The Bertz CT molecular complexity index is 513. The summed E-state index contributed by atoms with van der Waals surface area (Å²) >= 11 is 5.88. The first-order valence-corrected chi connectivity index (χ1v) is 6.93. The molecule has 1 fully saturated rings. The molecule has 5 nitrogen and oxygen atoms in total. The number of nitrogens with zero attached hydrogens (tertiary/aromatic N) is 1. The predicted octanol–water partition coefficient (Wildman–Crippen LogP) is 2.30. The molecule has 1 aromatic carbocycles. The van der Waals surface area contributed by atoms with E-state index in [2.05, 4.69) is 5.32 Å². The predicted molar refractivity (Wildman–Crippen MR) is 77.1 cm³/mol. The molecule has 2 rings (SSSR count). The Labute approximate surface area is 122 Å². The largest absolute Gasteiger partial charge is 0.495 e. The van der Waals surface area contributed by atoms with Gasteiger partial charge in [-0.3, -0.25) is 9.59 Å². The van der Waals surface area contributed by atoms with Crippen molar-refractivity contribution in [1.82, 2.24) is 4.90 Å². The number of rotatable bonds is 2. The van der Waals surface area contributed by atoms with Crippen LogP contribution in [0.15, 0.2) is 18.2 Å². The highest BCUT2D eigenvalue weighted by Gasteiger charge is 2.24. The minimum Gasteiger partial charge on any atom is -0.495 e. The normalized spacial score (nSPS) is 14.8. The van der Waals surface area contributed by atoms with Gasteiger partial charge in [0, 0.05) is 18.1 Å². The third-order valence-corrected chi connectivity index (χ3v) is 3.48. The van der Waals surface area contributed by atoms with E-state index >= 15 is 0 Å². The molecule has 0 saturated carbocycles. The van der Waals surface area contributed by atoms with Crippen LogP contribution in [0, 0.1) is 0 Å². The van der Waals surface area contributed by atoms with Gasteiger partial charge in [-0.25, -0.2) is 0 Å². The summed E-state index contributed by atoms with van der Waals surface area (Å²) in [6.07, 6.45) is 2.99. The molecule has 108 valence electrons. The van der Waals surface area contributed by atoms with Gasteiger partial charge < -0.3 is 15.0 Å². The van der Waals surface area contributed by atoms with E-state index in [0.717, 1.165) is 19.3 Å².